The minimum atomic E-state index is -0.999. The van der Waals surface area contributed by atoms with Crippen molar-refractivity contribution >= 4 is 33.9 Å². The first-order chi connectivity index (χ1) is 30.4. The van der Waals surface area contributed by atoms with E-state index in [0.29, 0.717) is 40.9 Å². The van der Waals surface area contributed by atoms with E-state index in [1.54, 1.807) is 24.3 Å². The van der Waals surface area contributed by atoms with Gasteiger partial charge in [0.05, 0.1) is 11.3 Å². The van der Waals surface area contributed by atoms with Gasteiger partial charge in [0.15, 0.2) is 5.82 Å². The number of hydrogen-bond donors (Lipinski definition) is 1. The number of aliphatic imine (C=N–C) groups is 1. The number of likely N-dealkylation sites (tertiary alicyclic amines) is 1. The summed E-state index contributed by atoms with van der Waals surface area (Å²) in [6.45, 7) is 15.5. The molecule has 2 aromatic heterocycles. The van der Waals surface area contributed by atoms with E-state index in [1.165, 1.54) is 52.2 Å². The SMILES string of the molecule is CC1=C(c2c(F)cc(F)cc2F)[C@@H](c2ccc(C3CCN(CC4CCN(c5ccc(C6=N[C@@H](C)c7nnc(C)n7-c7sc(C)c(C)c76)cc5)CC4)CC3)cc2)Oc2ccc(O)cc21. The summed E-state index contributed by atoms with van der Waals surface area (Å²) in [5, 5.41) is 20.3. The molecule has 0 unspecified atom stereocenters. The van der Waals surface area contributed by atoms with Gasteiger partial charge in [0, 0.05) is 64.6 Å². The molecule has 10 rings (SSSR count). The van der Waals surface area contributed by atoms with Crippen LogP contribution in [0.1, 0.15) is 113 Å². The van der Waals surface area contributed by atoms with Crippen LogP contribution in [0.3, 0.4) is 0 Å². The van der Waals surface area contributed by atoms with E-state index in [-0.39, 0.29) is 22.9 Å². The molecule has 0 spiro atoms. The number of fused-ring (bicyclic) bond motifs is 4. The molecular formula is C51H51F3N6O2S. The summed E-state index contributed by atoms with van der Waals surface area (Å²) >= 11 is 1.79. The van der Waals surface area contributed by atoms with Crippen molar-refractivity contribution in [2.75, 3.05) is 37.6 Å². The lowest BCUT2D eigenvalue weighted by Crippen LogP contribution is -2.41. The number of aromatic nitrogens is 3. The molecular weight excluding hydrogens is 818 g/mol. The summed E-state index contributed by atoms with van der Waals surface area (Å²) in [7, 11) is 0. The number of piperidine rings is 2. The fourth-order valence-corrected chi connectivity index (χ4v) is 11.4. The fourth-order valence-electron chi connectivity index (χ4n) is 10.2. The third kappa shape index (κ3) is 7.54. The molecule has 1 N–H and O–H groups in total. The summed E-state index contributed by atoms with van der Waals surface area (Å²) in [6, 6.07) is 23.2. The molecule has 324 valence electrons. The number of nitrogens with zero attached hydrogens (tertiary/aromatic N) is 6. The highest BCUT2D eigenvalue weighted by Crippen LogP contribution is 2.49. The number of halogens is 3. The van der Waals surface area contributed by atoms with Crippen LogP contribution in [0, 0.1) is 44.1 Å². The summed E-state index contributed by atoms with van der Waals surface area (Å²) in [5.41, 5.74) is 8.87. The van der Waals surface area contributed by atoms with E-state index in [2.05, 4.69) is 81.7 Å². The average molecular weight is 869 g/mol. The summed E-state index contributed by atoms with van der Waals surface area (Å²) in [5.74, 6) is 0.373. The topological polar surface area (TPSA) is 79.0 Å². The number of phenols is 1. The predicted molar refractivity (Wildman–Crippen MR) is 244 cm³/mol. The first-order valence-corrected chi connectivity index (χ1v) is 22.9. The zero-order valence-electron chi connectivity index (χ0n) is 36.3. The van der Waals surface area contributed by atoms with Crippen molar-refractivity contribution in [1.82, 2.24) is 19.7 Å². The van der Waals surface area contributed by atoms with Gasteiger partial charge in [0.25, 0.3) is 0 Å². The lowest BCUT2D eigenvalue weighted by molar-refractivity contribution is 0.170. The van der Waals surface area contributed by atoms with Crippen molar-refractivity contribution in [3.63, 3.8) is 0 Å². The number of aryl methyl sites for hydroxylation is 2. The normalized spacial score (nSPS) is 19.6. The first kappa shape index (κ1) is 41.3. The van der Waals surface area contributed by atoms with Crippen molar-refractivity contribution in [3.05, 3.63) is 152 Å². The van der Waals surface area contributed by atoms with Crippen molar-refractivity contribution < 1.29 is 23.0 Å². The molecule has 2 atom stereocenters. The minimum Gasteiger partial charge on any atom is -0.508 e. The number of rotatable bonds is 7. The number of allylic oxidation sites excluding steroid dienone is 1. The van der Waals surface area contributed by atoms with Gasteiger partial charge in [-0.2, -0.15) is 0 Å². The van der Waals surface area contributed by atoms with Crippen LogP contribution in [-0.2, 0) is 0 Å². The summed E-state index contributed by atoms with van der Waals surface area (Å²) < 4.78 is 53.2. The van der Waals surface area contributed by atoms with Gasteiger partial charge in [-0.15, -0.1) is 21.5 Å². The molecule has 0 radical (unpaired) electrons. The van der Waals surface area contributed by atoms with E-state index in [9.17, 15) is 9.50 Å². The maximum absolute atomic E-state index is 15.3. The quantitative estimate of drug-likeness (QED) is 0.172. The number of thiophene rings is 1. The van der Waals surface area contributed by atoms with Gasteiger partial charge in [-0.1, -0.05) is 36.4 Å². The van der Waals surface area contributed by atoms with Crippen LogP contribution in [0.25, 0.3) is 16.1 Å². The van der Waals surface area contributed by atoms with Gasteiger partial charge in [-0.25, -0.2) is 13.2 Å². The molecule has 0 aliphatic carbocycles. The Balaban J connectivity index is 0.759. The number of aromatic hydroxyl groups is 1. The largest absolute Gasteiger partial charge is 0.508 e. The molecule has 4 aromatic carbocycles. The second-order valence-corrected chi connectivity index (χ2v) is 18.9. The Morgan fingerprint density at radius 1 is 0.778 bits per heavy atom. The van der Waals surface area contributed by atoms with E-state index in [0.717, 1.165) is 79.1 Å². The van der Waals surface area contributed by atoms with Crippen LogP contribution < -0.4 is 9.64 Å². The molecule has 4 aliphatic rings. The third-order valence-corrected chi connectivity index (χ3v) is 15.0. The fraction of sp³-hybridized carbons (Fsp3) is 0.353. The van der Waals surface area contributed by atoms with Gasteiger partial charge in [-0.05, 0) is 138 Å². The Morgan fingerprint density at radius 2 is 1.46 bits per heavy atom. The lowest BCUT2D eigenvalue weighted by Gasteiger charge is -2.38. The maximum atomic E-state index is 15.3. The molecule has 6 aromatic rings. The summed E-state index contributed by atoms with van der Waals surface area (Å²) in [4.78, 5) is 11.7. The van der Waals surface area contributed by atoms with Crippen molar-refractivity contribution in [1.29, 1.82) is 0 Å². The van der Waals surface area contributed by atoms with E-state index < -0.39 is 23.6 Å². The Kier molecular flexibility index (Phi) is 10.8. The molecule has 8 nitrogen and oxygen atoms in total. The molecule has 12 heteroatoms. The number of hydrogen-bond acceptors (Lipinski definition) is 8. The van der Waals surface area contributed by atoms with Crippen LogP contribution in [-0.4, -0.2) is 63.2 Å². The molecule has 0 saturated carbocycles. The van der Waals surface area contributed by atoms with Crippen LogP contribution >= 0.6 is 11.3 Å². The first-order valence-electron chi connectivity index (χ1n) is 22.1. The Labute approximate surface area is 370 Å². The third-order valence-electron chi connectivity index (χ3n) is 13.8. The molecule has 0 amide bonds. The van der Waals surface area contributed by atoms with Gasteiger partial charge >= 0.3 is 0 Å². The standard InChI is InChI=1S/C51H51F3N6O2S/c1-28-31(4)63-51-46(28)48(55-30(3)50-57-56-32(5)60(50)51)36-10-12-39(13-11-36)59-22-16-33(17-23-59)27-58-20-18-35(19-21-58)34-6-8-37(9-7-34)49-45(47-42(53)24-38(52)25-43(47)54)29(2)41-26-40(61)14-15-44(41)62-49/h6-15,24-26,30,33,35,49,61H,16-23,27H2,1-5H3/t30-,49+/m0/s1. The number of phenolic OH excluding ortho intramolecular Hbond substituents is 1. The highest BCUT2D eigenvalue weighted by Gasteiger charge is 2.34. The molecule has 2 fully saturated rings. The zero-order chi connectivity index (χ0) is 43.7. The Hall–Kier alpha value is -5.72. The van der Waals surface area contributed by atoms with E-state index in [4.69, 9.17) is 9.73 Å². The van der Waals surface area contributed by atoms with Crippen LogP contribution in [0.4, 0.5) is 18.9 Å². The average Bonchev–Trinajstić information content (AvgIpc) is 3.77. The van der Waals surface area contributed by atoms with E-state index >= 15 is 8.78 Å². The van der Waals surface area contributed by atoms with Gasteiger partial charge in [0.2, 0.25) is 0 Å². The smallest absolute Gasteiger partial charge is 0.162 e. The molecule has 4 aliphatic heterocycles. The zero-order valence-corrected chi connectivity index (χ0v) is 37.1. The van der Waals surface area contributed by atoms with Crippen LogP contribution in [0.15, 0.2) is 83.9 Å². The van der Waals surface area contributed by atoms with Gasteiger partial charge in [0.1, 0.15) is 51.9 Å². The lowest BCUT2D eigenvalue weighted by atomic mass is 9.84. The second kappa shape index (κ2) is 16.4. The number of ether oxygens (including phenoxy) is 1. The van der Waals surface area contributed by atoms with Gasteiger partial charge < -0.3 is 19.6 Å². The Morgan fingerprint density at radius 3 is 2.16 bits per heavy atom. The Bertz CT molecular complexity index is 2760. The molecule has 0 bridgehead atoms. The van der Waals surface area contributed by atoms with Crippen molar-refractivity contribution in [3.8, 4) is 16.5 Å². The molecule has 63 heavy (non-hydrogen) atoms. The number of anilines is 1. The van der Waals surface area contributed by atoms with Crippen LogP contribution in [0.5, 0.6) is 11.5 Å². The highest BCUT2D eigenvalue weighted by molar-refractivity contribution is 7.15. The summed E-state index contributed by atoms with van der Waals surface area (Å²) in [6.07, 6.45) is 3.63. The van der Waals surface area contributed by atoms with Crippen molar-refractivity contribution in [2.45, 2.75) is 78.4 Å². The molecule has 6 heterocycles. The number of benzene rings is 4. The maximum Gasteiger partial charge on any atom is 0.162 e. The minimum absolute atomic E-state index is 0.0103. The highest BCUT2D eigenvalue weighted by atomic mass is 32.1. The second-order valence-electron chi connectivity index (χ2n) is 17.7. The predicted octanol–water partition coefficient (Wildman–Crippen LogP) is 11.4. The van der Waals surface area contributed by atoms with Crippen LogP contribution in [0.2, 0.25) is 0 Å². The monoisotopic (exact) mass is 868 g/mol. The van der Waals surface area contributed by atoms with E-state index in [1.807, 2.05) is 19.1 Å². The van der Waals surface area contributed by atoms with Gasteiger partial charge in [-0.3, -0.25) is 9.56 Å². The van der Waals surface area contributed by atoms with Crippen molar-refractivity contribution in [2.24, 2.45) is 10.9 Å². The molecule has 2 saturated heterocycles.